The standard InChI is InChI=1S/C20H32N2O3/c1-15-11-21(12-16(2)25-15)13-17(23)14-22-10-6-8-19(22)18-7-4-5-9-20(18)24-3/h4-5,7,9,15-17,19,23H,6,8,10-14H2,1-3H3. The Kier molecular flexibility index (Phi) is 6.34. The summed E-state index contributed by atoms with van der Waals surface area (Å²) in [6.07, 6.45) is 2.43. The lowest BCUT2D eigenvalue weighted by molar-refractivity contribution is -0.0782. The number of para-hydroxylation sites is 1. The lowest BCUT2D eigenvalue weighted by Gasteiger charge is -2.37. The van der Waals surface area contributed by atoms with Crippen LogP contribution < -0.4 is 4.74 Å². The van der Waals surface area contributed by atoms with Gasteiger partial charge >= 0.3 is 0 Å². The topological polar surface area (TPSA) is 45.2 Å². The Bertz CT molecular complexity index is 543. The first-order chi connectivity index (χ1) is 12.1. The van der Waals surface area contributed by atoms with Crippen LogP contribution in [0, 0.1) is 0 Å². The van der Waals surface area contributed by atoms with Gasteiger partial charge in [-0.05, 0) is 39.3 Å². The van der Waals surface area contributed by atoms with E-state index in [-0.39, 0.29) is 18.3 Å². The number of ether oxygens (including phenoxy) is 2. The number of β-amino-alcohol motifs (C(OH)–C–C–N with tert-alkyl or cyclic N) is 1. The van der Waals surface area contributed by atoms with Crippen LogP contribution in [0.15, 0.2) is 24.3 Å². The van der Waals surface area contributed by atoms with Gasteiger partial charge in [0.05, 0.1) is 25.4 Å². The van der Waals surface area contributed by atoms with E-state index >= 15 is 0 Å². The fourth-order valence-electron chi connectivity index (χ4n) is 4.40. The van der Waals surface area contributed by atoms with Crippen molar-refractivity contribution in [2.45, 2.75) is 51.0 Å². The number of likely N-dealkylation sites (tertiary alicyclic amines) is 1. The Balaban J connectivity index is 1.59. The maximum atomic E-state index is 10.7. The number of nitrogens with zero attached hydrogens (tertiary/aromatic N) is 2. The van der Waals surface area contributed by atoms with Crippen molar-refractivity contribution in [1.29, 1.82) is 0 Å². The molecular formula is C20H32N2O3. The molecule has 1 aromatic rings. The van der Waals surface area contributed by atoms with E-state index in [0.29, 0.717) is 19.1 Å². The predicted molar refractivity (Wildman–Crippen MR) is 99.0 cm³/mol. The molecule has 0 aromatic heterocycles. The second-order valence-corrected chi connectivity index (χ2v) is 7.52. The van der Waals surface area contributed by atoms with Crippen LogP contribution in [0.5, 0.6) is 5.75 Å². The van der Waals surface area contributed by atoms with Crippen molar-refractivity contribution in [3.63, 3.8) is 0 Å². The third-order valence-corrected chi connectivity index (χ3v) is 5.27. The van der Waals surface area contributed by atoms with Gasteiger partial charge in [0.1, 0.15) is 5.75 Å². The summed E-state index contributed by atoms with van der Waals surface area (Å²) in [4.78, 5) is 4.74. The van der Waals surface area contributed by atoms with Gasteiger partial charge in [-0.2, -0.15) is 0 Å². The first-order valence-corrected chi connectivity index (χ1v) is 9.49. The molecule has 5 nitrogen and oxygen atoms in total. The van der Waals surface area contributed by atoms with Crippen LogP contribution in [0.2, 0.25) is 0 Å². The average Bonchev–Trinajstić information content (AvgIpc) is 3.01. The van der Waals surface area contributed by atoms with Gasteiger partial charge < -0.3 is 14.6 Å². The van der Waals surface area contributed by atoms with Gasteiger partial charge in [-0.25, -0.2) is 0 Å². The summed E-state index contributed by atoms with van der Waals surface area (Å²) in [5.41, 5.74) is 1.24. The van der Waals surface area contributed by atoms with Crippen molar-refractivity contribution in [1.82, 2.24) is 9.80 Å². The quantitative estimate of drug-likeness (QED) is 0.855. The molecule has 0 spiro atoms. The highest BCUT2D eigenvalue weighted by atomic mass is 16.5. The van der Waals surface area contributed by atoms with E-state index in [1.165, 1.54) is 12.0 Å². The zero-order valence-electron chi connectivity index (χ0n) is 15.7. The van der Waals surface area contributed by atoms with E-state index in [4.69, 9.17) is 9.47 Å². The molecule has 2 aliphatic heterocycles. The van der Waals surface area contributed by atoms with Crippen molar-refractivity contribution in [3.8, 4) is 5.75 Å². The summed E-state index contributed by atoms with van der Waals surface area (Å²) in [6.45, 7) is 8.47. The van der Waals surface area contributed by atoms with Gasteiger partial charge in [0, 0.05) is 37.8 Å². The molecule has 4 atom stereocenters. The molecule has 3 rings (SSSR count). The first kappa shape index (κ1) is 18.6. The zero-order valence-corrected chi connectivity index (χ0v) is 15.7. The molecule has 5 heteroatoms. The van der Waals surface area contributed by atoms with Crippen molar-refractivity contribution in [2.75, 3.05) is 39.8 Å². The van der Waals surface area contributed by atoms with Gasteiger partial charge in [-0.3, -0.25) is 9.80 Å². The number of rotatable bonds is 6. The lowest BCUT2D eigenvalue weighted by atomic mass is 10.0. The van der Waals surface area contributed by atoms with E-state index in [0.717, 1.165) is 31.8 Å². The second kappa shape index (κ2) is 8.49. The van der Waals surface area contributed by atoms with E-state index < -0.39 is 0 Å². The molecule has 2 fully saturated rings. The molecule has 25 heavy (non-hydrogen) atoms. The van der Waals surface area contributed by atoms with Crippen molar-refractivity contribution in [2.24, 2.45) is 0 Å². The summed E-state index contributed by atoms with van der Waals surface area (Å²) in [5, 5.41) is 10.7. The molecular weight excluding hydrogens is 316 g/mol. The number of morpholine rings is 1. The minimum atomic E-state index is -0.340. The summed E-state index contributed by atoms with van der Waals surface area (Å²) in [5.74, 6) is 0.949. The van der Waals surface area contributed by atoms with E-state index in [1.807, 2.05) is 12.1 Å². The minimum absolute atomic E-state index is 0.240. The molecule has 0 bridgehead atoms. The highest BCUT2D eigenvalue weighted by molar-refractivity contribution is 5.36. The summed E-state index contributed by atoms with van der Waals surface area (Å²) < 4.78 is 11.3. The van der Waals surface area contributed by atoms with Crippen LogP contribution in [-0.2, 0) is 4.74 Å². The average molecular weight is 348 g/mol. The number of aliphatic hydroxyl groups is 1. The Labute approximate surface area is 151 Å². The molecule has 0 amide bonds. The van der Waals surface area contributed by atoms with Crippen molar-refractivity contribution < 1.29 is 14.6 Å². The Hall–Kier alpha value is -1.14. The zero-order chi connectivity index (χ0) is 17.8. The molecule has 4 unspecified atom stereocenters. The Morgan fingerprint density at radius 3 is 2.64 bits per heavy atom. The number of aliphatic hydroxyl groups excluding tert-OH is 1. The van der Waals surface area contributed by atoms with Gasteiger partial charge in [0.25, 0.3) is 0 Å². The SMILES string of the molecule is COc1ccccc1C1CCCN1CC(O)CN1CC(C)OC(C)C1. The number of methoxy groups -OCH3 is 1. The van der Waals surface area contributed by atoms with E-state index in [2.05, 4.69) is 35.8 Å². The predicted octanol–water partition coefficient (Wildman–Crippen LogP) is 2.30. The highest BCUT2D eigenvalue weighted by Gasteiger charge is 2.31. The normalized spacial score (nSPS) is 29.7. The smallest absolute Gasteiger partial charge is 0.123 e. The number of hydrogen-bond acceptors (Lipinski definition) is 5. The summed E-state index contributed by atoms with van der Waals surface area (Å²) in [7, 11) is 1.73. The maximum Gasteiger partial charge on any atom is 0.123 e. The van der Waals surface area contributed by atoms with Crippen LogP contribution in [0.1, 0.15) is 38.3 Å². The monoisotopic (exact) mass is 348 g/mol. The van der Waals surface area contributed by atoms with Crippen LogP contribution in [0.25, 0.3) is 0 Å². The minimum Gasteiger partial charge on any atom is -0.496 e. The van der Waals surface area contributed by atoms with E-state index in [1.54, 1.807) is 7.11 Å². The second-order valence-electron chi connectivity index (χ2n) is 7.52. The van der Waals surface area contributed by atoms with Gasteiger partial charge in [-0.15, -0.1) is 0 Å². The third-order valence-electron chi connectivity index (χ3n) is 5.27. The molecule has 1 aromatic carbocycles. The number of benzene rings is 1. The van der Waals surface area contributed by atoms with Crippen LogP contribution in [0.4, 0.5) is 0 Å². The molecule has 2 heterocycles. The molecule has 0 saturated carbocycles. The van der Waals surface area contributed by atoms with Crippen molar-refractivity contribution >= 4 is 0 Å². The fraction of sp³-hybridized carbons (Fsp3) is 0.700. The lowest BCUT2D eigenvalue weighted by Crippen LogP contribution is -2.49. The summed E-state index contributed by atoms with van der Waals surface area (Å²) >= 11 is 0. The maximum absolute atomic E-state index is 10.7. The molecule has 1 N–H and O–H groups in total. The Morgan fingerprint density at radius 1 is 1.20 bits per heavy atom. The Morgan fingerprint density at radius 2 is 1.92 bits per heavy atom. The molecule has 2 aliphatic rings. The van der Waals surface area contributed by atoms with Crippen molar-refractivity contribution in [3.05, 3.63) is 29.8 Å². The van der Waals surface area contributed by atoms with Crippen LogP contribution >= 0.6 is 0 Å². The molecule has 0 radical (unpaired) electrons. The summed E-state index contributed by atoms with van der Waals surface area (Å²) in [6, 6.07) is 8.60. The van der Waals surface area contributed by atoms with Crippen LogP contribution in [-0.4, -0.2) is 73.1 Å². The van der Waals surface area contributed by atoms with Gasteiger partial charge in [0.2, 0.25) is 0 Å². The number of hydrogen-bond donors (Lipinski definition) is 1. The first-order valence-electron chi connectivity index (χ1n) is 9.49. The largest absolute Gasteiger partial charge is 0.496 e. The van der Waals surface area contributed by atoms with E-state index in [9.17, 15) is 5.11 Å². The van der Waals surface area contributed by atoms with Gasteiger partial charge in [-0.1, -0.05) is 18.2 Å². The molecule has 140 valence electrons. The van der Waals surface area contributed by atoms with Gasteiger partial charge in [0.15, 0.2) is 0 Å². The fourth-order valence-corrected chi connectivity index (χ4v) is 4.40. The van der Waals surface area contributed by atoms with Crippen LogP contribution in [0.3, 0.4) is 0 Å². The molecule has 2 saturated heterocycles. The molecule has 0 aliphatic carbocycles. The highest BCUT2D eigenvalue weighted by Crippen LogP contribution is 2.36. The third kappa shape index (κ3) is 4.73.